The van der Waals surface area contributed by atoms with E-state index in [1.165, 1.54) is 64.2 Å². The van der Waals surface area contributed by atoms with Crippen molar-refractivity contribution in [1.29, 1.82) is 0 Å². The summed E-state index contributed by atoms with van der Waals surface area (Å²) in [4.78, 5) is 0. The molecule has 1 heteroatoms. The van der Waals surface area contributed by atoms with Gasteiger partial charge in [0.2, 0.25) is 0 Å². The molecule has 22 heavy (non-hydrogen) atoms. The third kappa shape index (κ3) is 7.99. The molecule has 132 valence electrons. The molecule has 4 atom stereocenters. The average molecular weight is 311 g/mol. The maximum atomic E-state index is 5.80. The highest BCUT2D eigenvalue weighted by Crippen LogP contribution is 2.42. The van der Waals surface area contributed by atoms with Crippen LogP contribution >= 0.6 is 0 Å². The number of hydrogen-bond donors (Lipinski definition) is 0. The normalized spacial score (nSPS) is 27.1. The van der Waals surface area contributed by atoms with E-state index in [1.807, 2.05) is 0 Å². The molecule has 0 N–H and O–H groups in total. The van der Waals surface area contributed by atoms with E-state index in [9.17, 15) is 0 Å². The Hall–Kier alpha value is -0.0400. The molecule has 0 spiro atoms. The van der Waals surface area contributed by atoms with Gasteiger partial charge in [0, 0.05) is 0 Å². The first-order valence-electron chi connectivity index (χ1n) is 10.0. The quantitative estimate of drug-likeness (QED) is 0.334. The van der Waals surface area contributed by atoms with Gasteiger partial charge in [0.25, 0.3) is 0 Å². The van der Waals surface area contributed by atoms with E-state index in [1.54, 1.807) is 0 Å². The zero-order valence-corrected chi connectivity index (χ0v) is 16.3. The van der Waals surface area contributed by atoms with Crippen molar-refractivity contribution in [3.8, 4) is 0 Å². The van der Waals surface area contributed by atoms with Gasteiger partial charge in [-0.1, -0.05) is 86.0 Å². The fourth-order valence-corrected chi connectivity index (χ4v) is 3.81. The summed E-state index contributed by atoms with van der Waals surface area (Å²) in [6, 6.07) is 0. The predicted octanol–water partition coefficient (Wildman–Crippen LogP) is 6.99. The molecule has 0 radical (unpaired) electrons. The van der Waals surface area contributed by atoms with Crippen molar-refractivity contribution >= 4 is 0 Å². The first-order chi connectivity index (χ1) is 10.4. The Labute approximate surface area is 140 Å². The third-order valence-electron chi connectivity index (χ3n) is 5.65. The molecule has 0 aromatic rings. The Kier molecular flexibility index (Phi) is 9.05. The van der Waals surface area contributed by atoms with Crippen molar-refractivity contribution < 1.29 is 4.74 Å². The predicted molar refractivity (Wildman–Crippen MR) is 98.3 cm³/mol. The van der Waals surface area contributed by atoms with Gasteiger partial charge >= 0.3 is 0 Å². The van der Waals surface area contributed by atoms with E-state index in [4.69, 9.17) is 4.74 Å². The van der Waals surface area contributed by atoms with Gasteiger partial charge in [-0.25, -0.2) is 0 Å². The molecule has 1 unspecified atom stereocenters. The van der Waals surface area contributed by atoms with Gasteiger partial charge in [0.15, 0.2) is 0 Å². The molecule has 0 saturated carbocycles. The van der Waals surface area contributed by atoms with Crippen molar-refractivity contribution in [3.63, 3.8) is 0 Å². The smallest absolute Gasteiger partial charge is 0.0920 e. The van der Waals surface area contributed by atoms with Crippen molar-refractivity contribution in [3.05, 3.63) is 0 Å². The largest absolute Gasteiger partial charge is 0.366 e. The van der Waals surface area contributed by atoms with Gasteiger partial charge in [0.05, 0.1) is 11.7 Å². The van der Waals surface area contributed by atoms with E-state index >= 15 is 0 Å². The van der Waals surface area contributed by atoms with Crippen LogP contribution in [0.2, 0.25) is 0 Å². The lowest BCUT2D eigenvalue weighted by Gasteiger charge is -2.15. The van der Waals surface area contributed by atoms with Gasteiger partial charge < -0.3 is 4.74 Å². The molecule has 0 amide bonds. The summed E-state index contributed by atoms with van der Waals surface area (Å²) in [5.41, 5.74) is 0.236. The van der Waals surface area contributed by atoms with E-state index in [2.05, 4.69) is 41.5 Å². The number of rotatable bonds is 13. The monoisotopic (exact) mass is 310 g/mol. The van der Waals surface area contributed by atoms with Crippen molar-refractivity contribution in [2.45, 2.75) is 117 Å². The lowest BCUT2D eigenvalue weighted by atomic mass is 9.90. The Bertz CT molecular complexity index is 286. The van der Waals surface area contributed by atoms with Crippen LogP contribution in [0, 0.1) is 17.8 Å². The van der Waals surface area contributed by atoms with Gasteiger partial charge in [-0.05, 0) is 37.5 Å². The van der Waals surface area contributed by atoms with E-state index < -0.39 is 0 Å². The number of epoxide rings is 1. The lowest BCUT2D eigenvalue weighted by molar-refractivity contribution is 0.283. The first-order valence-corrected chi connectivity index (χ1v) is 10.0. The Balaban J connectivity index is 1.96. The first kappa shape index (κ1) is 20.0. The molecule has 0 aromatic heterocycles. The van der Waals surface area contributed by atoms with Crippen LogP contribution in [0.4, 0.5) is 0 Å². The molecular formula is C21H42O. The highest BCUT2D eigenvalue weighted by Gasteiger charge is 2.49. The minimum Gasteiger partial charge on any atom is -0.366 e. The summed E-state index contributed by atoms with van der Waals surface area (Å²) < 4.78 is 5.80. The third-order valence-corrected chi connectivity index (χ3v) is 5.65. The van der Waals surface area contributed by atoms with Crippen LogP contribution in [0.3, 0.4) is 0 Å². The molecule has 0 bridgehead atoms. The van der Waals surface area contributed by atoms with Crippen molar-refractivity contribution in [1.82, 2.24) is 0 Å². The van der Waals surface area contributed by atoms with Gasteiger partial charge in [-0.15, -0.1) is 0 Å². The summed E-state index contributed by atoms with van der Waals surface area (Å²) in [7, 11) is 0. The zero-order valence-electron chi connectivity index (χ0n) is 16.3. The number of ether oxygens (including phenoxy) is 1. The van der Waals surface area contributed by atoms with Crippen LogP contribution in [0.25, 0.3) is 0 Å². The molecule has 1 rings (SSSR count). The standard InChI is InChI=1S/C21H42O/c1-7-20-21(6,22-20)16-10-15-19(5)14-9-13-18(4)12-8-11-17(2)3/h17-20H,7-16H2,1-6H3/t18-,19+,20-,21?/m1/s1. The second-order valence-electron chi connectivity index (χ2n) is 8.69. The molecular weight excluding hydrogens is 268 g/mol. The number of hydrogen-bond acceptors (Lipinski definition) is 1. The second kappa shape index (κ2) is 9.96. The average Bonchev–Trinajstić information content (AvgIpc) is 3.09. The molecule has 1 aliphatic rings. The van der Waals surface area contributed by atoms with Crippen LogP contribution in [-0.2, 0) is 4.74 Å². The Morgan fingerprint density at radius 1 is 0.818 bits per heavy atom. The summed E-state index contributed by atoms with van der Waals surface area (Å²) in [6.45, 7) is 14.1. The van der Waals surface area contributed by atoms with Crippen molar-refractivity contribution in [2.75, 3.05) is 0 Å². The second-order valence-corrected chi connectivity index (χ2v) is 8.69. The van der Waals surface area contributed by atoms with Crippen LogP contribution in [0.15, 0.2) is 0 Å². The van der Waals surface area contributed by atoms with Crippen LogP contribution in [-0.4, -0.2) is 11.7 Å². The fraction of sp³-hybridized carbons (Fsp3) is 1.00. The SMILES string of the molecule is CC[C@H]1OC1(C)CCC[C@@H](C)CCC[C@H](C)CCCC(C)C. The maximum Gasteiger partial charge on any atom is 0.0920 e. The van der Waals surface area contributed by atoms with Gasteiger partial charge in [-0.2, -0.15) is 0 Å². The van der Waals surface area contributed by atoms with Crippen LogP contribution in [0.1, 0.15) is 106 Å². The molecule has 1 heterocycles. The van der Waals surface area contributed by atoms with Crippen LogP contribution in [0.5, 0.6) is 0 Å². The van der Waals surface area contributed by atoms with Crippen molar-refractivity contribution in [2.24, 2.45) is 17.8 Å². The maximum absolute atomic E-state index is 5.80. The lowest BCUT2D eigenvalue weighted by Crippen LogP contribution is -2.10. The fourth-order valence-electron chi connectivity index (χ4n) is 3.81. The minimum absolute atomic E-state index is 0.236. The topological polar surface area (TPSA) is 12.5 Å². The summed E-state index contributed by atoms with van der Waals surface area (Å²) in [5, 5.41) is 0. The van der Waals surface area contributed by atoms with E-state index in [-0.39, 0.29) is 5.60 Å². The minimum atomic E-state index is 0.236. The van der Waals surface area contributed by atoms with E-state index in [0.29, 0.717) is 6.10 Å². The van der Waals surface area contributed by atoms with Gasteiger partial charge in [0.1, 0.15) is 0 Å². The molecule has 1 saturated heterocycles. The molecule has 0 aliphatic carbocycles. The molecule has 1 fully saturated rings. The Morgan fingerprint density at radius 2 is 1.32 bits per heavy atom. The summed E-state index contributed by atoms with van der Waals surface area (Å²) in [6.07, 6.45) is 14.3. The summed E-state index contributed by atoms with van der Waals surface area (Å²) >= 11 is 0. The van der Waals surface area contributed by atoms with E-state index in [0.717, 1.165) is 17.8 Å². The molecule has 0 aromatic carbocycles. The summed E-state index contributed by atoms with van der Waals surface area (Å²) in [5.74, 6) is 2.69. The highest BCUT2D eigenvalue weighted by molar-refractivity contribution is 4.97. The molecule has 1 nitrogen and oxygen atoms in total. The Morgan fingerprint density at radius 3 is 1.77 bits per heavy atom. The van der Waals surface area contributed by atoms with Gasteiger partial charge in [-0.3, -0.25) is 0 Å². The zero-order chi connectivity index (χ0) is 16.6. The molecule has 1 aliphatic heterocycles. The highest BCUT2D eigenvalue weighted by atomic mass is 16.6. The van der Waals surface area contributed by atoms with Crippen LogP contribution < -0.4 is 0 Å².